The van der Waals surface area contributed by atoms with Crippen LogP contribution in [-0.2, 0) is 49.6 Å². The molecule has 8 amide bonds. The molecule has 1 rings (SSSR count). The van der Waals surface area contributed by atoms with E-state index in [2.05, 4.69) is 72.4 Å². The number of carboxylic acids is 1. The van der Waals surface area contributed by atoms with Crippen LogP contribution in [0.3, 0.4) is 0 Å². The average molecular weight is 859 g/mol. The predicted octanol–water partition coefficient (Wildman–Crippen LogP) is -4.44. The summed E-state index contributed by atoms with van der Waals surface area (Å²) in [6.45, 7) is 7.96. The Morgan fingerprint density at radius 3 is 1.67 bits per heavy atom. The zero-order valence-electron chi connectivity index (χ0n) is 33.1. The highest BCUT2D eigenvalue weighted by Crippen LogP contribution is 2.09. The number of amides is 8. The number of hydrogen-bond donors (Lipinski definition) is 14. The minimum atomic E-state index is -1.59. The molecule has 0 fully saturated rings. The van der Waals surface area contributed by atoms with Crippen molar-refractivity contribution in [3.05, 3.63) is 18.2 Å². The van der Waals surface area contributed by atoms with E-state index in [1.165, 1.54) is 19.4 Å². The van der Waals surface area contributed by atoms with Gasteiger partial charge in [-0.25, -0.2) is 9.78 Å². The number of carbonyl (C=O) groups is 9. The second-order valence-electron chi connectivity index (χ2n) is 14.1. The minimum absolute atomic E-state index is 0.0167. The molecule has 0 unspecified atom stereocenters. The highest BCUT2D eigenvalue weighted by Gasteiger charge is 2.35. The molecule has 1 heterocycles. The van der Waals surface area contributed by atoms with Crippen LogP contribution in [0, 0.1) is 11.8 Å². The van der Waals surface area contributed by atoms with Gasteiger partial charge in [0.25, 0.3) is 0 Å². The summed E-state index contributed by atoms with van der Waals surface area (Å²) in [4.78, 5) is 123. The molecule has 0 aliphatic heterocycles. The van der Waals surface area contributed by atoms with E-state index in [1.807, 2.05) is 0 Å². The number of primary amides is 1. The Balaban J connectivity index is 3.17. The zero-order valence-corrected chi connectivity index (χ0v) is 34.9. The van der Waals surface area contributed by atoms with Gasteiger partial charge >= 0.3 is 5.97 Å². The van der Waals surface area contributed by atoms with Crippen molar-refractivity contribution in [1.29, 1.82) is 0 Å². The van der Waals surface area contributed by atoms with Crippen LogP contribution in [0.25, 0.3) is 0 Å². The van der Waals surface area contributed by atoms with Gasteiger partial charge in [-0.1, -0.05) is 27.7 Å². The Labute approximate surface area is 347 Å². The van der Waals surface area contributed by atoms with Crippen LogP contribution < -0.4 is 54.4 Å². The van der Waals surface area contributed by atoms with Gasteiger partial charge in [0.15, 0.2) is 0 Å². The molecule has 24 heteroatoms. The van der Waals surface area contributed by atoms with Gasteiger partial charge in [-0.15, -0.1) is 0 Å². The topological polar surface area (TPSA) is 365 Å². The number of nitrogens with two attached hydrogens (primary N) is 3. The lowest BCUT2D eigenvalue weighted by atomic mass is 9.99. The van der Waals surface area contributed by atoms with Crippen LogP contribution in [0.5, 0.6) is 0 Å². The van der Waals surface area contributed by atoms with Gasteiger partial charge in [-0.2, -0.15) is 25.3 Å². The Hall–Kier alpha value is -4.94. The van der Waals surface area contributed by atoms with E-state index in [4.69, 9.17) is 17.2 Å². The third-order valence-corrected chi connectivity index (χ3v) is 9.32. The first-order valence-corrected chi connectivity index (χ1v) is 19.7. The van der Waals surface area contributed by atoms with Crippen molar-refractivity contribution >= 4 is 78.5 Å². The summed E-state index contributed by atoms with van der Waals surface area (Å²) in [6, 6.07) is -10.2. The first kappa shape index (κ1) is 51.1. The van der Waals surface area contributed by atoms with Gasteiger partial charge in [-0.05, 0) is 38.1 Å². The van der Waals surface area contributed by atoms with Gasteiger partial charge in [0.1, 0.15) is 42.3 Å². The number of aromatic amines is 1. The maximum atomic E-state index is 13.6. The van der Waals surface area contributed by atoms with E-state index < -0.39 is 120 Å². The van der Waals surface area contributed by atoms with Crippen LogP contribution in [-0.4, -0.2) is 135 Å². The molecule has 0 saturated heterocycles. The summed E-state index contributed by atoms with van der Waals surface area (Å²) in [6.07, 6.45) is 2.51. The molecule has 22 nitrogen and oxygen atoms in total. The Morgan fingerprint density at radius 2 is 1.19 bits per heavy atom. The molecular weight excluding hydrogens is 801 g/mol. The Bertz CT molecular complexity index is 1580. The summed E-state index contributed by atoms with van der Waals surface area (Å²) >= 11 is 7.89. The SMILES string of the molecule is CC(C)[C@H](NC(=O)[C@H](C)NC(=O)[C@H](Cc1cnc[nH]1)NC(=O)[C@H](CCCN)NC(=O)[C@@H](N)CS)C(=O)N[C@H](C(=O)N[C@@H](CC(N)=O)C(=O)N[C@@H](CS)C(=O)O)C(C)C. The second-order valence-corrected chi connectivity index (χ2v) is 14.9. The Kier molecular flexibility index (Phi) is 22.4. The monoisotopic (exact) mass is 858 g/mol. The number of aromatic nitrogens is 2. The number of hydrogen-bond acceptors (Lipinski definition) is 14. The molecule has 1 aromatic heterocycles. The van der Waals surface area contributed by atoms with E-state index in [1.54, 1.807) is 27.7 Å². The summed E-state index contributed by atoms with van der Waals surface area (Å²) in [7, 11) is 0. The van der Waals surface area contributed by atoms with Crippen molar-refractivity contribution in [2.45, 2.75) is 109 Å². The van der Waals surface area contributed by atoms with E-state index in [9.17, 15) is 48.3 Å². The van der Waals surface area contributed by atoms with Crippen LogP contribution >= 0.6 is 25.3 Å². The predicted molar refractivity (Wildman–Crippen MR) is 217 cm³/mol. The lowest BCUT2D eigenvalue weighted by Gasteiger charge is -2.29. The standard InChI is InChI=1S/C34H58N12O10S2/c1-15(2)25(32(53)43-22(10-24(37)47)31(52)44-23(13-58)34(55)56)46-33(54)26(16(3)4)45-27(48)17(5)40-30(51)21(9-18-11-38-14-39-18)42-29(50)20(7-6-8-35)41-28(49)19(36)12-57/h11,14-17,19-23,25-26,57-58H,6-10,12-13,35-36H2,1-5H3,(H2,37,47)(H,38,39)(H,40,51)(H,41,49)(H,42,50)(H,43,53)(H,44,52)(H,45,48)(H,46,54)(H,55,56)/t17-,19-,20-,21-,22-,23-,25-,26-/m0/s1. The quantitative estimate of drug-likeness (QED) is 0.0392. The van der Waals surface area contributed by atoms with Crippen molar-refractivity contribution in [2.75, 3.05) is 18.1 Å². The summed E-state index contributed by atoms with van der Waals surface area (Å²) in [5.74, 6) is -9.49. The van der Waals surface area contributed by atoms with E-state index in [0.29, 0.717) is 12.1 Å². The van der Waals surface area contributed by atoms with Gasteiger partial charge in [0, 0.05) is 29.8 Å². The number of imidazole rings is 1. The first-order chi connectivity index (χ1) is 27.2. The van der Waals surface area contributed by atoms with Crippen LogP contribution in [0.1, 0.15) is 59.6 Å². The van der Waals surface area contributed by atoms with Gasteiger partial charge in [0.05, 0.1) is 18.8 Å². The van der Waals surface area contributed by atoms with Crippen LogP contribution in [0.15, 0.2) is 12.5 Å². The van der Waals surface area contributed by atoms with Gasteiger partial charge in [0.2, 0.25) is 47.3 Å². The van der Waals surface area contributed by atoms with Crippen molar-refractivity contribution in [3.8, 4) is 0 Å². The highest BCUT2D eigenvalue weighted by molar-refractivity contribution is 7.80. The molecular formula is C34H58N12O10S2. The molecule has 0 spiro atoms. The largest absolute Gasteiger partial charge is 0.480 e. The lowest BCUT2D eigenvalue weighted by Crippen LogP contribution is -2.61. The molecule has 8 atom stereocenters. The maximum absolute atomic E-state index is 13.6. The van der Waals surface area contributed by atoms with E-state index in [0.717, 1.165) is 0 Å². The maximum Gasteiger partial charge on any atom is 0.327 e. The summed E-state index contributed by atoms with van der Waals surface area (Å²) < 4.78 is 0. The number of rotatable bonds is 26. The molecule has 0 bridgehead atoms. The smallest absolute Gasteiger partial charge is 0.327 e. The molecule has 58 heavy (non-hydrogen) atoms. The average Bonchev–Trinajstić information content (AvgIpc) is 3.67. The molecule has 15 N–H and O–H groups in total. The zero-order chi connectivity index (χ0) is 44.3. The van der Waals surface area contributed by atoms with Crippen molar-refractivity contribution in [3.63, 3.8) is 0 Å². The van der Waals surface area contributed by atoms with Crippen LogP contribution in [0.4, 0.5) is 0 Å². The molecule has 0 aliphatic rings. The fourth-order valence-corrected chi connectivity index (χ4v) is 5.56. The number of carboxylic acid groups (broad SMARTS) is 1. The number of H-pyrrole nitrogens is 1. The Morgan fingerprint density at radius 1 is 0.690 bits per heavy atom. The van der Waals surface area contributed by atoms with Crippen molar-refractivity contribution in [2.24, 2.45) is 29.0 Å². The van der Waals surface area contributed by atoms with E-state index >= 15 is 0 Å². The molecule has 0 aliphatic carbocycles. The molecule has 0 radical (unpaired) electrons. The molecule has 326 valence electrons. The fraction of sp³-hybridized carbons (Fsp3) is 0.647. The molecule has 0 aromatic carbocycles. The number of nitrogens with zero attached hydrogens (tertiary/aromatic N) is 1. The minimum Gasteiger partial charge on any atom is -0.480 e. The van der Waals surface area contributed by atoms with Gasteiger partial charge < -0.3 is 64.5 Å². The highest BCUT2D eigenvalue weighted by atomic mass is 32.1. The van der Waals surface area contributed by atoms with Crippen molar-refractivity contribution in [1.82, 2.24) is 47.2 Å². The second kappa shape index (κ2) is 25.4. The van der Waals surface area contributed by atoms with Crippen molar-refractivity contribution < 1.29 is 48.3 Å². The summed E-state index contributed by atoms with van der Waals surface area (Å²) in [5.41, 5.74) is 17.1. The third kappa shape index (κ3) is 17.3. The van der Waals surface area contributed by atoms with Gasteiger partial charge in [-0.3, -0.25) is 38.4 Å². The van der Waals surface area contributed by atoms with Crippen LogP contribution in [0.2, 0.25) is 0 Å². The lowest BCUT2D eigenvalue weighted by molar-refractivity contribution is -0.142. The third-order valence-electron chi connectivity index (χ3n) is 8.56. The normalized spacial score (nSPS) is 15.3. The number of thiol groups is 2. The number of aliphatic carboxylic acids is 1. The fourth-order valence-electron chi connectivity index (χ4n) is 5.15. The number of nitrogens with one attached hydrogen (secondary N) is 8. The number of carbonyl (C=O) groups excluding carboxylic acids is 8. The van der Waals surface area contributed by atoms with E-state index in [-0.39, 0.29) is 30.9 Å². The molecule has 1 aromatic rings. The molecule has 0 saturated carbocycles. The summed E-state index contributed by atoms with van der Waals surface area (Å²) in [5, 5.41) is 26.6. The first-order valence-electron chi connectivity index (χ1n) is 18.4.